The third-order valence-electron chi connectivity index (χ3n) is 3.21. The van der Waals surface area contributed by atoms with Crippen molar-refractivity contribution >= 4 is 27.2 Å². The molecule has 0 bridgehead atoms. The lowest BCUT2D eigenvalue weighted by molar-refractivity contribution is 0.581. The Balaban J connectivity index is 2.24. The van der Waals surface area contributed by atoms with Crippen LogP contribution in [0.2, 0.25) is 0 Å². The number of thiophene rings is 1. The third-order valence-corrected chi connectivity index (χ3v) is 5.74. The molecule has 0 unspecified atom stereocenters. The number of nitrogens with zero attached hydrogens (tertiary/aromatic N) is 2. The fraction of sp³-hybridized carbons (Fsp3) is 0.417. The zero-order chi connectivity index (χ0) is 14.9. The van der Waals surface area contributed by atoms with E-state index in [-0.39, 0.29) is 17.3 Å². The summed E-state index contributed by atoms with van der Waals surface area (Å²) in [5, 5.41) is 5.90. The third kappa shape index (κ3) is 2.72. The van der Waals surface area contributed by atoms with Gasteiger partial charge in [0, 0.05) is 18.5 Å². The van der Waals surface area contributed by atoms with Crippen LogP contribution in [-0.4, -0.2) is 18.2 Å². The Bertz CT molecular complexity index is 716. The van der Waals surface area contributed by atoms with Crippen LogP contribution in [0.25, 0.3) is 0 Å². The monoisotopic (exact) mass is 314 g/mol. The summed E-state index contributed by atoms with van der Waals surface area (Å²) in [5.41, 5.74) is 7.37. The Morgan fingerprint density at radius 3 is 2.75 bits per heavy atom. The topological polar surface area (TPSA) is 90.0 Å². The summed E-state index contributed by atoms with van der Waals surface area (Å²) in [7, 11) is -1.99. The summed E-state index contributed by atoms with van der Waals surface area (Å²) in [6.45, 7) is 4.00. The van der Waals surface area contributed by atoms with Crippen molar-refractivity contribution in [1.29, 1.82) is 0 Å². The van der Waals surface area contributed by atoms with Crippen molar-refractivity contribution in [2.24, 2.45) is 7.05 Å². The highest BCUT2D eigenvalue weighted by molar-refractivity contribution is 7.89. The molecular formula is C12H18N4O2S2. The van der Waals surface area contributed by atoms with Gasteiger partial charge in [-0.1, -0.05) is 6.92 Å². The highest BCUT2D eigenvalue weighted by Gasteiger charge is 2.24. The first-order valence-electron chi connectivity index (χ1n) is 6.20. The molecule has 0 aromatic carbocycles. The van der Waals surface area contributed by atoms with E-state index < -0.39 is 10.0 Å². The van der Waals surface area contributed by atoms with Gasteiger partial charge < -0.3 is 5.73 Å². The zero-order valence-electron chi connectivity index (χ0n) is 11.7. The molecule has 0 aliphatic rings. The van der Waals surface area contributed by atoms with Crippen LogP contribution in [0.3, 0.4) is 0 Å². The molecule has 0 aliphatic carbocycles. The molecule has 2 heterocycles. The van der Waals surface area contributed by atoms with Crippen molar-refractivity contribution in [3.05, 3.63) is 27.6 Å². The van der Waals surface area contributed by atoms with Gasteiger partial charge in [0.1, 0.15) is 4.90 Å². The summed E-state index contributed by atoms with van der Waals surface area (Å²) in [5.74, 6) is 0.0272. The summed E-state index contributed by atoms with van der Waals surface area (Å²) < 4.78 is 28.7. The van der Waals surface area contributed by atoms with Crippen LogP contribution < -0.4 is 10.5 Å². The molecule has 0 radical (unpaired) electrons. The van der Waals surface area contributed by atoms with Crippen molar-refractivity contribution < 1.29 is 8.42 Å². The van der Waals surface area contributed by atoms with Crippen molar-refractivity contribution in [2.45, 2.75) is 31.7 Å². The molecule has 0 fully saturated rings. The molecule has 0 amide bonds. The molecule has 0 atom stereocenters. The number of sulfonamides is 1. The van der Waals surface area contributed by atoms with Crippen LogP contribution in [-0.2, 0) is 30.0 Å². The molecule has 2 aromatic rings. The second-order valence-corrected chi connectivity index (χ2v) is 7.17. The van der Waals surface area contributed by atoms with Gasteiger partial charge in [0.15, 0.2) is 5.82 Å². The van der Waals surface area contributed by atoms with Gasteiger partial charge in [0.25, 0.3) is 0 Å². The molecule has 0 saturated heterocycles. The Morgan fingerprint density at radius 2 is 2.20 bits per heavy atom. The zero-order valence-corrected chi connectivity index (χ0v) is 13.3. The van der Waals surface area contributed by atoms with E-state index in [1.54, 1.807) is 25.3 Å². The van der Waals surface area contributed by atoms with E-state index in [0.29, 0.717) is 5.69 Å². The Kier molecular flexibility index (Phi) is 4.17. The molecule has 110 valence electrons. The molecular weight excluding hydrogens is 296 g/mol. The number of nitrogen functional groups attached to an aromatic ring is 1. The second-order valence-electron chi connectivity index (χ2n) is 4.47. The number of hydrogen-bond acceptors (Lipinski definition) is 5. The average molecular weight is 314 g/mol. The maximum absolute atomic E-state index is 12.3. The van der Waals surface area contributed by atoms with E-state index in [4.69, 9.17) is 5.73 Å². The standard InChI is InChI=1S/C12H18N4O2S2/c1-4-9-5-6-19-10(9)7-14-20(17,18)11-8(2)16(3)15-12(11)13/h5-6,14H,4,7H2,1-3H3,(H2,13,15). The van der Waals surface area contributed by atoms with E-state index in [9.17, 15) is 8.42 Å². The number of aryl methyl sites for hydroxylation is 2. The first kappa shape index (κ1) is 15.0. The first-order valence-corrected chi connectivity index (χ1v) is 8.57. The normalized spacial score (nSPS) is 11.9. The molecule has 2 aromatic heterocycles. The summed E-state index contributed by atoms with van der Waals surface area (Å²) in [4.78, 5) is 1.09. The number of hydrogen-bond donors (Lipinski definition) is 2. The lowest BCUT2D eigenvalue weighted by atomic mass is 10.2. The Labute approximate surface area is 122 Å². The summed E-state index contributed by atoms with van der Waals surface area (Å²) >= 11 is 1.54. The van der Waals surface area contributed by atoms with Crippen LogP contribution >= 0.6 is 11.3 Å². The van der Waals surface area contributed by atoms with Gasteiger partial charge in [-0.05, 0) is 30.4 Å². The van der Waals surface area contributed by atoms with Gasteiger partial charge in [0.05, 0.1) is 5.69 Å². The van der Waals surface area contributed by atoms with Crippen LogP contribution in [0.1, 0.15) is 23.1 Å². The predicted octanol–water partition coefficient (Wildman–Crippen LogP) is 1.41. The van der Waals surface area contributed by atoms with Crippen LogP contribution in [0.5, 0.6) is 0 Å². The van der Waals surface area contributed by atoms with E-state index in [1.165, 1.54) is 4.68 Å². The fourth-order valence-corrected chi connectivity index (χ4v) is 4.34. The van der Waals surface area contributed by atoms with Gasteiger partial charge in [-0.15, -0.1) is 11.3 Å². The molecule has 0 spiro atoms. The molecule has 3 N–H and O–H groups in total. The molecule has 20 heavy (non-hydrogen) atoms. The Hall–Kier alpha value is -1.38. The van der Waals surface area contributed by atoms with E-state index in [0.717, 1.165) is 16.9 Å². The molecule has 6 nitrogen and oxygen atoms in total. The number of nitrogens with one attached hydrogen (secondary N) is 1. The highest BCUT2D eigenvalue weighted by atomic mass is 32.2. The minimum absolute atomic E-state index is 0.0272. The molecule has 0 saturated carbocycles. The van der Waals surface area contributed by atoms with E-state index in [1.807, 2.05) is 18.4 Å². The van der Waals surface area contributed by atoms with Crippen LogP contribution in [0.4, 0.5) is 5.82 Å². The molecule has 8 heteroatoms. The van der Waals surface area contributed by atoms with Gasteiger partial charge in [0.2, 0.25) is 10.0 Å². The van der Waals surface area contributed by atoms with Crippen molar-refractivity contribution in [3.63, 3.8) is 0 Å². The maximum Gasteiger partial charge on any atom is 0.246 e. The smallest absolute Gasteiger partial charge is 0.246 e. The van der Waals surface area contributed by atoms with Gasteiger partial charge >= 0.3 is 0 Å². The van der Waals surface area contributed by atoms with Crippen molar-refractivity contribution in [2.75, 3.05) is 5.73 Å². The lowest BCUT2D eigenvalue weighted by Gasteiger charge is -2.07. The molecule has 0 aliphatic heterocycles. The number of rotatable bonds is 5. The van der Waals surface area contributed by atoms with Crippen LogP contribution in [0.15, 0.2) is 16.3 Å². The molecule has 2 rings (SSSR count). The van der Waals surface area contributed by atoms with Crippen molar-refractivity contribution in [1.82, 2.24) is 14.5 Å². The van der Waals surface area contributed by atoms with Gasteiger partial charge in [-0.3, -0.25) is 4.68 Å². The predicted molar refractivity (Wildman–Crippen MR) is 80.1 cm³/mol. The second kappa shape index (κ2) is 5.55. The van der Waals surface area contributed by atoms with E-state index in [2.05, 4.69) is 9.82 Å². The number of aromatic nitrogens is 2. The minimum atomic E-state index is -3.65. The van der Waals surface area contributed by atoms with Crippen LogP contribution in [0, 0.1) is 6.92 Å². The highest BCUT2D eigenvalue weighted by Crippen LogP contribution is 2.22. The maximum atomic E-state index is 12.3. The largest absolute Gasteiger partial charge is 0.381 e. The number of nitrogens with two attached hydrogens (primary N) is 1. The summed E-state index contributed by atoms with van der Waals surface area (Å²) in [6.07, 6.45) is 0.884. The lowest BCUT2D eigenvalue weighted by Crippen LogP contribution is -2.24. The quantitative estimate of drug-likeness (QED) is 0.873. The van der Waals surface area contributed by atoms with Gasteiger partial charge in [-0.2, -0.15) is 5.10 Å². The van der Waals surface area contributed by atoms with Gasteiger partial charge in [-0.25, -0.2) is 13.1 Å². The summed E-state index contributed by atoms with van der Waals surface area (Å²) in [6, 6.07) is 2.01. The van der Waals surface area contributed by atoms with Crippen molar-refractivity contribution in [3.8, 4) is 0 Å². The number of anilines is 1. The Morgan fingerprint density at radius 1 is 1.50 bits per heavy atom. The first-order chi connectivity index (χ1) is 9.36. The SMILES string of the molecule is CCc1ccsc1CNS(=O)(=O)c1c(N)nn(C)c1C. The van der Waals surface area contributed by atoms with E-state index >= 15 is 0 Å². The fourth-order valence-electron chi connectivity index (χ4n) is 2.02. The minimum Gasteiger partial charge on any atom is -0.381 e. The average Bonchev–Trinajstić information content (AvgIpc) is 2.92.